The highest BCUT2D eigenvalue weighted by molar-refractivity contribution is 6.03. The molecular weight excluding hydrogens is 404 g/mol. The van der Waals surface area contributed by atoms with E-state index in [1.54, 1.807) is 18.0 Å². The number of nitrogens with one attached hydrogen (secondary N) is 1. The number of aliphatic hydroxyl groups excluding tert-OH is 1. The highest BCUT2D eigenvalue weighted by atomic mass is 19.1. The van der Waals surface area contributed by atoms with E-state index in [4.69, 9.17) is 0 Å². The van der Waals surface area contributed by atoms with E-state index in [2.05, 4.69) is 5.32 Å². The molecule has 8 heteroatoms. The average Bonchev–Trinajstić information content (AvgIpc) is 3.21. The molecule has 2 N–H and O–H groups in total. The minimum absolute atomic E-state index is 0.129. The maximum absolute atomic E-state index is 14.0. The summed E-state index contributed by atoms with van der Waals surface area (Å²) in [5, 5.41) is 13.7. The summed E-state index contributed by atoms with van der Waals surface area (Å²) in [4.78, 5) is 29.3. The second kappa shape index (κ2) is 9.32. The van der Waals surface area contributed by atoms with Crippen molar-refractivity contribution < 1.29 is 23.5 Å². The number of carbonyl (C=O) groups is 2. The van der Waals surface area contributed by atoms with Gasteiger partial charge in [-0.05, 0) is 32.3 Å². The van der Waals surface area contributed by atoms with Crippen LogP contribution in [0.4, 0.5) is 8.78 Å². The number of fused-ring (bicyclic) bond motifs is 1. The second-order valence-corrected chi connectivity index (χ2v) is 7.54. The zero-order valence-corrected chi connectivity index (χ0v) is 18.0. The molecule has 0 unspecified atom stereocenters. The lowest BCUT2D eigenvalue weighted by Crippen LogP contribution is -2.40. The Balaban J connectivity index is 1.96. The van der Waals surface area contributed by atoms with Crippen molar-refractivity contribution >= 4 is 11.8 Å². The van der Waals surface area contributed by atoms with Gasteiger partial charge in [0, 0.05) is 49.6 Å². The minimum Gasteiger partial charge on any atom is -0.505 e. The predicted octanol–water partition coefficient (Wildman–Crippen LogP) is 3.53. The Kier molecular flexibility index (Phi) is 6.77. The fourth-order valence-corrected chi connectivity index (χ4v) is 3.84. The fraction of sp³-hybridized carbons (Fsp3) is 0.391. The Labute approximate surface area is 180 Å². The molecule has 166 valence electrons. The van der Waals surface area contributed by atoms with E-state index in [0.717, 1.165) is 18.6 Å². The Hall–Kier alpha value is -3.16. The van der Waals surface area contributed by atoms with E-state index in [1.165, 1.54) is 11.0 Å². The van der Waals surface area contributed by atoms with Gasteiger partial charge >= 0.3 is 0 Å². The molecular formula is C23H27F2N3O3. The van der Waals surface area contributed by atoms with Crippen LogP contribution in [-0.2, 0) is 16.1 Å². The molecule has 2 amide bonds. The number of likely N-dealkylation sites (N-methyl/N-ethyl adjacent to an activating group) is 1. The van der Waals surface area contributed by atoms with E-state index < -0.39 is 17.5 Å². The number of carbonyl (C=O) groups excluding carboxylic acids is 2. The fourth-order valence-electron chi connectivity index (χ4n) is 3.84. The first kappa shape index (κ1) is 22.5. The number of rotatable bonds is 6. The molecule has 1 aromatic rings. The van der Waals surface area contributed by atoms with Gasteiger partial charge in [0.25, 0.3) is 11.8 Å². The lowest BCUT2D eigenvalue weighted by Gasteiger charge is -2.33. The zero-order chi connectivity index (χ0) is 22.7. The first-order chi connectivity index (χ1) is 14.8. The van der Waals surface area contributed by atoms with E-state index in [0.29, 0.717) is 37.2 Å². The second-order valence-electron chi connectivity index (χ2n) is 7.54. The number of allylic oxidation sites excluding steroid dienone is 3. The molecule has 0 saturated carbocycles. The third kappa shape index (κ3) is 4.33. The Morgan fingerprint density at radius 3 is 2.68 bits per heavy atom. The SMILES string of the molecule is CC/C=C1/C(O)=C(C(=O)N(C)CC)N2CCCC2=C1C(=O)NCc1ccc(F)cc1F. The maximum atomic E-state index is 14.0. The summed E-state index contributed by atoms with van der Waals surface area (Å²) in [5.41, 5.74) is 1.59. The van der Waals surface area contributed by atoms with Gasteiger partial charge < -0.3 is 20.2 Å². The van der Waals surface area contributed by atoms with Gasteiger partial charge in [-0.25, -0.2) is 8.78 Å². The van der Waals surface area contributed by atoms with Crippen LogP contribution in [0.2, 0.25) is 0 Å². The van der Waals surface area contributed by atoms with Gasteiger partial charge in [0.15, 0.2) is 5.76 Å². The molecule has 3 rings (SSSR count). The van der Waals surface area contributed by atoms with Crippen LogP contribution in [0.15, 0.2) is 52.6 Å². The van der Waals surface area contributed by atoms with Crippen LogP contribution in [0, 0.1) is 11.6 Å². The number of amides is 2. The number of benzene rings is 1. The van der Waals surface area contributed by atoms with Crippen molar-refractivity contribution in [3.8, 4) is 0 Å². The molecule has 2 heterocycles. The third-order valence-corrected chi connectivity index (χ3v) is 5.54. The van der Waals surface area contributed by atoms with Crippen LogP contribution in [0.3, 0.4) is 0 Å². The molecule has 6 nitrogen and oxygen atoms in total. The topological polar surface area (TPSA) is 72.9 Å². The summed E-state index contributed by atoms with van der Waals surface area (Å²) >= 11 is 0. The van der Waals surface area contributed by atoms with E-state index >= 15 is 0 Å². The summed E-state index contributed by atoms with van der Waals surface area (Å²) in [7, 11) is 1.66. The molecule has 0 aliphatic carbocycles. The molecule has 2 aliphatic heterocycles. The van der Waals surface area contributed by atoms with Gasteiger partial charge in [-0.15, -0.1) is 0 Å². The number of aliphatic hydroxyl groups is 1. The summed E-state index contributed by atoms with van der Waals surface area (Å²) in [6.07, 6.45) is 3.57. The van der Waals surface area contributed by atoms with Gasteiger partial charge in [0.2, 0.25) is 0 Å². The van der Waals surface area contributed by atoms with Crippen molar-refractivity contribution in [2.75, 3.05) is 20.1 Å². The van der Waals surface area contributed by atoms with E-state index in [1.807, 2.05) is 13.8 Å². The zero-order valence-electron chi connectivity index (χ0n) is 18.0. The van der Waals surface area contributed by atoms with E-state index in [9.17, 15) is 23.5 Å². The Morgan fingerprint density at radius 2 is 2.03 bits per heavy atom. The van der Waals surface area contributed by atoms with Crippen LogP contribution in [-0.4, -0.2) is 46.9 Å². The van der Waals surface area contributed by atoms with Gasteiger partial charge in [-0.3, -0.25) is 9.59 Å². The summed E-state index contributed by atoms with van der Waals surface area (Å²) in [6, 6.07) is 3.18. The van der Waals surface area contributed by atoms with Crippen LogP contribution < -0.4 is 5.32 Å². The van der Waals surface area contributed by atoms with Crippen molar-refractivity contribution in [1.82, 2.24) is 15.1 Å². The van der Waals surface area contributed by atoms with Crippen LogP contribution in [0.5, 0.6) is 0 Å². The summed E-state index contributed by atoms with van der Waals surface area (Å²) in [6.45, 7) is 4.58. The summed E-state index contributed by atoms with van der Waals surface area (Å²) in [5.74, 6) is -2.45. The Bertz CT molecular complexity index is 998. The molecule has 0 atom stereocenters. The number of hydrogen-bond donors (Lipinski definition) is 2. The molecule has 31 heavy (non-hydrogen) atoms. The predicted molar refractivity (Wildman–Crippen MR) is 113 cm³/mol. The van der Waals surface area contributed by atoms with Gasteiger partial charge in [-0.1, -0.05) is 19.1 Å². The number of hydrogen-bond acceptors (Lipinski definition) is 4. The number of nitrogens with zero attached hydrogens (tertiary/aromatic N) is 2. The lowest BCUT2D eigenvalue weighted by atomic mass is 9.93. The van der Waals surface area contributed by atoms with Crippen LogP contribution in [0.1, 0.15) is 38.7 Å². The molecule has 1 aromatic carbocycles. The maximum Gasteiger partial charge on any atom is 0.274 e. The van der Waals surface area contributed by atoms with Gasteiger partial charge in [0.05, 0.1) is 5.57 Å². The lowest BCUT2D eigenvalue weighted by molar-refractivity contribution is -0.127. The molecule has 0 radical (unpaired) electrons. The Morgan fingerprint density at radius 1 is 1.29 bits per heavy atom. The monoisotopic (exact) mass is 431 g/mol. The highest BCUT2D eigenvalue weighted by Crippen LogP contribution is 2.40. The molecule has 0 aromatic heterocycles. The van der Waals surface area contributed by atoms with Crippen molar-refractivity contribution in [3.05, 3.63) is 69.8 Å². The molecule has 0 spiro atoms. The van der Waals surface area contributed by atoms with Crippen LogP contribution >= 0.6 is 0 Å². The molecule has 1 saturated heterocycles. The third-order valence-electron chi connectivity index (χ3n) is 5.54. The molecule has 1 fully saturated rings. The van der Waals surface area contributed by atoms with E-state index in [-0.39, 0.29) is 35.0 Å². The van der Waals surface area contributed by atoms with Crippen molar-refractivity contribution in [2.45, 2.75) is 39.7 Å². The van der Waals surface area contributed by atoms with Crippen LogP contribution in [0.25, 0.3) is 0 Å². The van der Waals surface area contributed by atoms with Crippen molar-refractivity contribution in [3.63, 3.8) is 0 Å². The van der Waals surface area contributed by atoms with Crippen molar-refractivity contribution in [2.24, 2.45) is 0 Å². The quantitative estimate of drug-likeness (QED) is 0.723. The van der Waals surface area contributed by atoms with Crippen molar-refractivity contribution in [1.29, 1.82) is 0 Å². The van der Waals surface area contributed by atoms with Gasteiger partial charge in [-0.2, -0.15) is 0 Å². The largest absolute Gasteiger partial charge is 0.505 e. The normalized spacial score (nSPS) is 17.3. The smallest absolute Gasteiger partial charge is 0.274 e. The standard InChI is InChI=1S/C23H27F2N3O3/c1-4-7-16-19(22(30)26-13-14-9-10-15(24)12-17(14)25)18-8-6-11-28(18)20(21(16)29)23(31)27(3)5-2/h7,9-10,12,29H,4-6,8,11,13H2,1-3H3,(H,26,30)/b16-7+. The highest BCUT2D eigenvalue weighted by Gasteiger charge is 2.39. The first-order valence-corrected chi connectivity index (χ1v) is 10.4. The molecule has 0 bridgehead atoms. The number of halogens is 2. The van der Waals surface area contributed by atoms with Gasteiger partial charge in [0.1, 0.15) is 17.3 Å². The molecule has 2 aliphatic rings. The first-order valence-electron chi connectivity index (χ1n) is 10.4. The minimum atomic E-state index is -0.744. The average molecular weight is 431 g/mol. The summed E-state index contributed by atoms with van der Waals surface area (Å²) < 4.78 is 27.1.